The zero-order valence-corrected chi connectivity index (χ0v) is 44.6. The van der Waals surface area contributed by atoms with Crippen molar-refractivity contribution in [2.45, 2.75) is 0 Å². The van der Waals surface area contributed by atoms with Crippen molar-refractivity contribution in [1.29, 1.82) is 0 Å². The van der Waals surface area contributed by atoms with Gasteiger partial charge >= 0.3 is 0 Å². The van der Waals surface area contributed by atoms with Crippen LogP contribution in [0.3, 0.4) is 0 Å². The first kappa shape index (κ1) is 57.4. The molecule has 10 N–H and O–H groups in total. The molecule has 0 saturated carbocycles. The minimum Gasteiger partial charge on any atom is -0.351 e. The summed E-state index contributed by atoms with van der Waals surface area (Å²) >= 11 is 0. The Morgan fingerprint density at radius 2 is 0.890 bits per heavy atom. The fraction of sp³-hybridized carbons (Fsp3) is 0.222. The molecule has 28 nitrogen and oxygen atoms in total. The van der Waals surface area contributed by atoms with E-state index in [2.05, 4.69) is 53.2 Å². The van der Waals surface area contributed by atoms with Gasteiger partial charge in [0.1, 0.15) is 22.8 Å². The lowest BCUT2D eigenvalue weighted by Gasteiger charge is -2.27. The molecule has 0 spiro atoms. The summed E-state index contributed by atoms with van der Waals surface area (Å²) in [7, 11) is 6.58. The largest absolute Gasteiger partial charge is 0.351 e. The summed E-state index contributed by atoms with van der Waals surface area (Å²) in [5.74, 6) is -4.79. The van der Waals surface area contributed by atoms with Gasteiger partial charge in [-0.05, 0) is 53.9 Å². The van der Waals surface area contributed by atoms with Crippen LogP contribution in [0.5, 0.6) is 0 Å². The van der Waals surface area contributed by atoms with Crippen LogP contribution in [0.25, 0.3) is 10.8 Å². The first-order valence-corrected chi connectivity index (χ1v) is 25.3. The van der Waals surface area contributed by atoms with Gasteiger partial charge in [-0.2, -0.15) is 0 Å². The van der Waals surface area contributed by atoms with E-state index in [0.717, 1.165) is 11.0 Å². The molecule has 7 aromatic rings. The van der Waals surface area contributed by atoms with Crippen molar-refractivity contribution in [3.63, 3.8) is 0 Å². The number of anilines is 5. The Morgan fingerprint density at radius 3 is 1.33 bits per heavy atom. The quantitative estimate of drug-likeness (QED) is 0.0122. The molecule has 5 heterocycles. The van der Waals surface area contributed by atoms with E-state index in [1.165, 1.54) is 60.7 Å². The number of nitrogens with one attached hydrogen (secondary N) is 10. The van der Waals surface area contributed by atoms with Gasteiger partial charge < -0.3 is 71.4 Å². The van der Waals surface area contributed by atoms with E-state index in [4.69, 9.17) is 0 Å². The standard InChI is InChI=1S/C54H56N16O12/c1-65-25-34(61-29-71)20-44(65)51(77)63-36-22-42(67(3)27-36)49(75)59-14-10-55-8-12-57-47(73)32-16-33(19-38(18-32)69-53(79)40-7-5-6-31-17-39(70(81)82)24-41(46(31)40)54(69)80)48(74)58-13-9-56-11-15-60-50(76)43-23-37(28-68(43)4)64-52(78)45-21-35(62-30-72)26-66(45)2/h5-7,16-30,55-56H,8-15H2,1-4H3,(H,57,73)(H,58,74)(H,59,75)(H,60,76)(H,61,71)(H,62,72)(H,63,77)(H,64,78). The monoisotopic (exact) mass is 1120 g/mol. The first-order valence-electron chi connectivity index (χ1n) is 25.3. The van der Waals surface area contributed by atoms with Crippen LogP contribution in [0.1, 0.15) is 83.4 Å². The fourth-order valence-corrected chi connectivity index (χ4v) is 9.11. The maximum atomic E-state index is 14.2. The molecule has 1 aliphatic rings. The second-order valence-electron chi connectivity index (χ2n) is 18.7. The lowest BCUT2D eigenvalue weighted by molar-refractivity contribution is -0.384. The van der Waals surface area contributed by atoms with Crippen molar-refractivity contribution in [3.8, 4) is 0 Å². The zero-order valence-electron chi connectivity index (χ0n) is 44.6. The molecule has 0 bridgehead atoms. The van der Waals surface area contributed by atoms with Crippen LogP contribution < -0.4 is 58.1 Å². The SMILES string of the molecule is Cn1cc(NC(=O)c2cc(NC=O)cn2C)cc1C(=O)NCCNCCNC(=O)c1cc(C(=O)NCCNCCNC(=O)c2cc(NC(=O)c3cc(NC=O)cn3C)cn2C)cc(N2C(=O)c3cccc4cc([N+](=O)[O-])cc(c34)C2=O)c1. The molecule has 0 saturated heterocycles. The van der Waals surface area contributed by atoms with Crippen molar-refractivity contribution in [2.75, 3.05) is 78.5 Å². The average molecular weight is 1120 g/mol. The Balaban J connectivity index is 0.850. The highest BCUT2D eigenvalue weighted by atomic mass is 16.6. The number of hydrogen-bond donors (Lipinski definition) is 10. The van der Waals surface area contributed by atoms with E-state index in [0.29, 0.717) is 41.0 Å². The van der Waals surface area contributed by atoms with Gasteiger partial charge in [0, 0.05) is 140 Å². The second kappa shape index (κ2) is 25.4. The molecule has 0 atom stereocenters. The van der Waals surface area contributed by atoms with Crippen LogP contribution in [0.4, 0.5) is 34.1 Å². The number of nitro groups is 1. The molecular weight excluding hydrogens is 1060 g/mol. The summed E-state index contributed by atoms with van der Waals surface area (Å²) < 4.78 is 6.18. The number of carbonyl (C=O) groups is 10. The van der Waals surface area contributed by atoms with E-state index in [1.54, 1.807) is 77.3 Å². The van der Waals surface area contributed by atoms with Gasteiger partial charge in [0.15, 0.2) is 0 Å². The first-order chi connectivity index (χ1) is 39.3. The van der Waals surface area contributed by atoms with Crippen molar-refractivity contribution in [1.82, 2.24) is 50.2 Å². The predicted octanol–water partition coefficient (Wildman–Crippen LogP) is 2.04. The number of imide groups is 1. The summed E-state index contributed by atoms with van der Waals surface area (Å²) in [4.78, 5) is 141. The molecule has 4 aromatic heterocycles. The summed E-state index contributed by atoms with van der Waals surface area (Å²) in [6.45, 7) is 1.50. The minimum atomic E-state index is -0.910. The molecular formula is C54H56N16O12. The summed E-state index contributed by atoms with van der Waals surface area (Å²) in [6, 6.07) is 16.7. The molecule has 0 unspecified atom stereocenters. The fourth-order valence-electron chi connectivity index (χ4n) is 9.11. The highest BCUT2D eigenvalue weighted by Crippen LogP contribution is 2.36. The third-order valence-electron chi connectivity index (χ3n) is 13.0. The number of nitro benzene ring substituents is 1. The smallest absolute Gasteiger partial charge is 0.272 e. The number of benzene rings is 3. The topological polar surface area (TPSA) is 357 Å². The zero-order chi connectivity index (χ0) is 58.8. The lowest BCUT2D eigenvalue weighted by Crippen LogP contribution is -2.41. The van der Waals surface area contributed by atoms with E-state index >= 15 is 0 Å². The minimum absolute atomic E-state index is 0.0585. The van der Waals surface area contributed by atoms with Crippen LogP contribution in [-0.2, 0) is 37.8 Å². The van der Waals surface area contributed by atoms with Gasteiger partial charge in [-0.3, -0.25) is 58.1 Å². The Kier molecular flexibility index (Phi) is 17.8. The van der Waals surface area contributed by atoms with Gasteiger partial charge in [-0.1, -0.05) is 12.1 Å². The third-order valence-corrected chi connectivity index (χ3v) is 13.0. The van der Waals surface area contributed by atoms with Crippen LogP contribution >= 0.6 is 0 Å². The number of non-ortho nitro benzene ring substituents is 1. The molecule has 3 aromatic carbocycles. The third kappa shape index (κ3) is 13.0. The van der Waals surface area contributed by atoms with Crippen LogP contribution in [-0.4, -0.2) is 136 Å². The van der Waals surface area contributed by atoms with E-state index in [1.807, 2.05) is 0 Å². The van der Waals surface area contributed by atoms with Crippen molar-refractivity contribution in [3.05, 3.63) is 153 Å². The molecule has 8 rings (SSSR count). The van der Waals surface area contributed by atoms with Crippen LogP contribution in [0.15, 0.2) is 97.6 Å². The Bertz CT molecular complexity index is 3550. The molecule has 0 fully saturated rings. The molecule has 0 aliphatic carbocycles. The predicted molar refractivity (Wildman–Crippen MR) is 300 cm³/mol. The lowest BCUT2D eigenvalue weighted by atomic mass is 9.92. The number of nitrogens with zero attached hydrogens (tertiary/aromatic N) is 6. The number of rotatable bonds is 26. The summed E-state index contributed by atoms with van der Waals surface area (Å²) in [5.41, 5.74) is 1.91. The molecule has 28 heteroatoms. The molecule has 1 aliphatic heterocycles. The van der Waals surface area contributed by atoms with E-state index in [-0.39, 0.29) is 114 Å². The molecule has 0 radical (unpaired) electrons. The summed E-state index contributed by atoms with van der Waals surface area (Å²) in [5, 5.41) is 40.1. The van der Waals surface area contributed by atoms with Gasteiger partial charge in [0.2, 0.25) is 12.8 Å². The highest BCUT2D eigenvalue weighted by Gasteiger charge is 2.36. The molecule has 424 valence electrons. The van der Waals surface area contributed by atoms with Crippen molar-refractivity contribution < 1.29 is 52.9 Å². The number of hydrogen-bond acceptors (Lipinski definition) is 14. The Hall–Kier alpha value is -10.7. The highest BCUT2D eigenvalue weighted by molar-refractivity contribution is 6.36. The van der Waals surface area contributed by atoms with Gasteiger partial charge in [-0.25, -0.2) is 4.90 Å². The average Bonchev–Trinajstić information content (AvgIpc) is 4.36. The second-order valence-corrected chi connectivity index (χ2v) is 18.7. The maximum Gasteiger partial charge on any atom is 0.272 e. The van der Waals surface area contributed by atoms with E-state index < -0.39 is 52.2 Å². The number of amides is 10. The Labute approximate surface area is 466 Å². The van der Waals surface area contributed by atoms with Gasteiger partial charge in [0.25, 0.3) is 52.9 Å². The Morgan fingerprint density at radius 1 is 0.488 bits per heavy atom. The molecule has 82 heavy (non-hydrogen) atoms. The van der Waals surface area contributed by atoms with E-state index in [9.17, 15) is 58.1 Å². The van der Waals surface area contributed by atoms with Gasteiger partial charge in [0.05, 0.1) is 38.9 Å². The van der Waals surface area contributed by atoms with Crippen LogP contribution in [0.2, 0.25) is 0 Å². The molecule has 10 amide bonds. The number of aryl methyl sites for hydroxylation is 4. The number of carbonyl (C=O) groups excluding carboxylic acids is 10. The van der Waals surface area contributed by atoms with Crippen molar-refractivity contribution in [2.24, 2.45) is 28.2 Å². The normalized spacial score (nSPS) is 11.7. The number of aromatic nitrogens is 4. The maximum absolute atomic E-state index is 14.2. The van der Waals surface area contributed by atoms with Crippen molar-refractivity contribution >= 4 is 105 Å². The van der Waals surface area contributed by atoms with Crippen LogP contribution in [0, 0.1) is 10.1 Å². The summed E-state index contributed by atoms with van der Waals surface area (Å²) in [6.07, 6.45) is 7.30. The van der Waals surface area contributed by atoms with Gasteiger partial charge in [-0.15, -0.1) is 0 Å².